The number of piperidine rings is 1. The lowest BCUT2D eigenvalue weighted by molar-refractivity contribution is -0.137. The van der Waals surface area contributed by atoms with E-state index in [0.29, 0.717) is 29.8 Å². The van der Waals surface area contributed by atoms with E-state index in [1.54, 1.807) is 0 Å². The molecule has 15 heavy (non-hydrogen) atoms. The second-order valence-corrected chi connectivity index (χ2v) is 5.48. The molecule has 2 saturated heterocycles. The van der Waals surface area contributed by atoms with Gasteiger partial charge in [0, 0.05) is 18.0 Å². The van der Waals surface area contributed by atoms with Crippen LogP contribution in [0.1, 0.15) is 38.5 Å². The van der Waals surface area contributed by atoms with Crippen LogP contribution in [-0.4, -0.2) is 29.4 Å². The largest absolute Gasteiger partial charge is 0.336 e. The van der Waals surface area contributed by atoms with Crippen molar-refractivity contribution in [1.29, 1.82) is 0 Å². The van der Waals surface area contributed by atoms with Crippen molar-refractivity contribution in [3.8, 4) is 0 Å². The van der Waals surface area contributed by atoms with Crippen molar-refractivity contribution >= 4 is 5.91 Å². The van der Waals surface area contributed by atoms with Crippen molar-refractivity contribution < 1.29 is 4.79 Å². The number of fused-ring (bicyclic) bond motifs is 2. The molecule has 3 rings (SSSR count). The summed E-state index contributed by atoms with van der Waals surface area (Å²) in [5.74, 6) is 1.52. The molecule has 2 N–H and O–H groups in total. The molecule has 1 amide bonds. The standard InChI is InChI=1S/C12H20N2O/c13-7-8-5-10-3-4-11(6-8)14(10)12(15)9-1-2-9/h8-11H,1-7,13H2/t8?,10-,11+. The van der Waals surface area contributed by atoms with Gasteiger partial charge in [0.15, 0.2) is 0 Å². The molecule has 0 spiro atoms. The number of nitrogens with zero attached hydrogens (tertiary/aromatic N) is 1. The molecule has 3 nitrogen and oxygen atoms in total. The lowest BCUT2D eigenvalue weighted by Crippen LogP contribution is -2.48. The molecule has 0 aromatic rings. The number of hydrogen-bond acceptors (Lipinski definition) is 2. The van der Waals surface area contributed by atoms with Gasteiger partial charge in [0.1, 0.15) is 0 Å². The van der Waals surface area contributed by atoms with E-state index in [0.717, 1.165) is 32.2 Å². The summed E-state index contributed by atoms with van der Waals surface area (Å²) in [5.41, 5.74) is 5.75. The van der Waals surface area contributed by atoms with E-state index in [-0.39, 0.29) is 0 Å². The highest BCUT2D eigenvalue weighted by atomic mass is 16.2. The van der Waals surface area contributed by atoms with Crippen molar-refractivity contribution in [2.45, 2.75) is 50.6 Å². The Kier molecular flexibility index (Phi) is 2.23. The van der Waals surface area contributed by atoms with Crippen LogP contribution in [0.2, 0.25) is 0 Å². The lowest BCUT2D eigenvalue weighted by atomic mass is 9.90. The third-order valence-electron chi connectivity index (χ3n) is 4.35. The van der Waals surface area contributed by atoms with Crippen LogP contribution in [0.3, 0.4) is 0 Å². The van der Waals surface area contributed by atoms with E-state index in [1.807, 2.05) is 0 Å². The van der Waals surface area contributed by atoms with Gasteiger partial charge in [0.05, 0.1) is 0 Å². The zero-order chi connectivity index (χ0) is 10.4. The molecule has 1 unspecified atom stereocenters. The fraction of sp³-hybridized carbons (Fsp3) is 0.917. The summed E-state index contributed by atoms with van der Waals surface area (Å²) in [4.78, 5) is 14.3. The van der Waals surface area contributed by atoms with Crippen molar-refractivity contribution in [1.82, 2.24) is 4.90 Å². The van der Waals surface area contributed by atoms with Crippen LogP contribution in [0.15, 0.2) is 0 Å². The van der Waals surface area contributed by atoms with Crippen molar-refractivity contribution in [2.75, 3.05) is 6.54 Å². The molecule has 0 aromatic carbocycles. The Balaban J connectivity index is 1.73. The van der Waals surface area contributed by atoms with E-state index in [2.05, 4.69) is 4.90 Å². The maximum Gasteiger partial charge on any atom is 0.226 e. The summed E-state index contributed by atoms with van der Waals surface area (Å²) in [6, 6.07) is 1.07. The van der Waals surface area contributed by atoms with E-state index in [1.165, 1.54) is 12.8 Å². The molecule has 0 aromatic heterocycles. The molecule has 0 radical (unpaired) electrons. The first-order valence-corrected chi connectivity index (χ1v) is 6.32. The first kappa shape index (κ1) is 9.64. The van der Waals surface area contributed by atoms with Gasteiger partial charge in [-0.05, 0) is 51.0 Å². The monoisotopic (exact) mass is 208 g/mol. The van der Waals surface area contributed by atoms with Gasteiger partial charge in [0.25, 0.3) is 0 Å². The summed E-state index contributed by atoms with van der Waals surface area (Å²) in [6.07, 6.45) is 7.03. The Morgan fingerprint density at radius 3 is 2.20 bits per heavy atom. The van der Waals surface area contributed by atoms with Gasteiger partial charge in [0.2, 0.25) is 5.91 Å². The first-order chi connectivity index (χ1) is 7.29. The van der Waals surface area contributed by atoms with Gasteiger partial charge in [-0.2, -0.15) is 0 Å². The van der Waals surface area contributed by atoms with Crippen LogP contribution in [0.25, 0.3) is 0 Å². The minimum atomic E-state index is 0.391. The fourth-order valence-corrected chi connectivity index (χ4v) is 3.38. The zero-order valence-corrected chi connectivity index (χ0v) is 9.19. The lowest BCUT2D eigenvalue weighted by Gasteiger charge is -2.38. The second-order valence-electron chi connectivity index (χ2n) is 5.48. The molecule has 84 valence electrons. The van der Waals surface area contributed by atoms with Gasteiger partial charge >= 0.3 is 0 Å². The SMILES string of the molecule is NCC1C[C@H]2CC[C@@H](C1)N2C(=O)C1CC1. The van der Waals surface area contributed by atoms with Crippen LogP contribution in [-0.2, 0) is 4.79 Å². The average Bonchev–Trinajstić information content (AvgIpc) is 3.04. The molecule has 3 heteroatoms. The molecule has 1 aliphatic carbocycles. The van der Waals surface area contributed by atoms with E-state index < -0.39 is 0 Å². The smallest absolute Gasteiger partial charge is 0.226 e. The summed E-state index contributed by atoms with van der Waals surface area (Å²) in [6.45, 7) is 0.804. The maximum absolute atomic E-state index is 12.1. The molecule has 3 atom stereocenters. The van der Waals surface area contributed by atoms with E-state index >= 15 is 0 Å². The number of nitrogens with two attached hydrogens (primary N) is 1. The van der Waals surface area contributed by atoms with Crippen LogP contribution < -0.4 is 5.73 Å². The summed E-state index contributed by atoms with van der Waals surface area (Å²) >= 11 is 0. The Bertz CT molecular complexity index is 261. The predicted octanol–water partition coefficient (Wildman–Crippen LogP) is 1.12. The Hall–Kier alpha value is -0.570. The Morgan fingerprint density at radius 2 is 1.73 bits per heavy atom. The van der Waals surface area contributed by atoms with E-state index in [4.69, 9.17) is 5.73 Å². The molecular weight excluding hydrogens is 188 g/mol. The molecule has 1 saturated carbocycles. The number of amides is 1. The molecular formula is C12H20N2O. The van der Waals surface area contributed by atoms with Crippen LogP contribution in [0, 0.1) is 11.8 Å². The van der Waals surface area contributed by atoms with Gasteiger partial charge < -0.3 is 10.6 Å². The van der Waals surface area contributed by atoms with E-state index in [9.17, 15) is 4.79 Å². The number of rotatable bonds is 2. The highest BCUT2D eigenvalue weighted by Gasteiger charge is 2.46. The second kappa shape index (κ2) is 3.48. The highest BCUT2D eigenvalue weighted by molar-refractivity contribution is 5.82. The minimum Gasteiger partial charge on any atom is -0.336 e. The van der Waals surface area contributed by atoms with Crippen LogP contribution in [0.4, 0.5) is 0 Å². The van der Waals surface area contributed by atoms with Gasteiger partial charge in [-0.25, -0.2) is 0 Å². The maximum atomic E-state index is 12.1. The third-order valence-corrected chi connectivity index (χ3v) is 4.35. The summed E-state index contributed by atoms with van der Waals surface area (Å²) in [5, 5.41) is 0. The third kappa shape index (κ3) is 1.57. The number of carbonyl (C=O) groups excluding carboxylic acids is 1. The van der Waals surface area contributed by atoms with Gasteiger partial charge in [-0.1, -0.05) is 0 Å². The van der Waals surface area contributed by atoms with Crippen molar-refractivity contribution in [3.05, 3.63) is 0 Å². The highest BCUT2D eigenvalue weighted by Crippen LogP contribution is 2.42. The van der Waals surface area contributed by atoms with Gasteiger partial charge in [-0.3, -0.25) is 4.79 Å². The average molecular weight is 208 g/mol. The fourth-order valence-electron chi connectivity index (χ4n) is 3.38. The van der Waals surface area contributed by atoms with Crippen LogP contribution in [0.5, 0.6) is 0 Å². The Labute approximate surface area is 91.0 Å². The minimum absolute atomic E-state index is 0.391. The molecule has 2 heterocycles. The molecule has 3 aliphatic rings. The van der Waals surface area contributed by atoms with Gasteiger partial charge in [-0.15, -0.1) is 0 Å². The number of carbonyl (C=O) groups is 1. The molecule has 2 aliphatic heterocycles. The normalized spacial score (nSPS) is 39.5. The number of hydrogen-bond donors (Lipinski definition) is 1. The summed E-state index contributed by atoms with van der Waals surface area (Å²) in [7, 11) is 0. The van der Waals surface area contributed by atoms with Crippen molar-refractivity contribution in [3.63, 3.8) is 0 Å². The first-order valence-electron chi connectivity index (χ1n) is 6.32. The zero-order valence-electron chi connectivity index (χ0n) is 9.19. The quantitative estimate of drug-likeness (QED) is 0.739. The van der Waals surface area contributed by atoms with Crippen LogP contribution >= 0.6 is 0 Å². The summed E-state index contributed by atoms with van der Waals surface area (Å²) < 4.78 is 0. The van der Waals surface area contributed by atoms with Crippen molar-refractivity contribution in [2.24, 2.45) is 17.6 Å². The molecule has 3 fully saturated rings. The topological polar surface area (TPSA) is 46.3 Å². The Morgan fingerprint density at radius 1 is 1.13 bits per heavy atom. The molecule has 2 bridgehead atoms. The predicted molar refractivity (Wildman–Crippen MR) is 58.2 cm³/mol.